The van der Waals surface area contributed by atoms with Crippen LogP contribution in [0, 0.1) is 0 Å². The number of hydrogen-bond donors (Lipinski definition) is 1. The molecule has 0 aromatic heterocycles. The van der Waals surface area contributed by atoms with E-state index in [1.54, 1.807) is 7.11 Å². The Morgan fingerprint density at radius 2 is 1.83 bits per heavy atom. The molecule has 0 saturated carbocycles. The van der Waals surface area contributed by atoms with E-state index in [4.69, 9.17) is 10.5 Å². The third-order valence-electron chi connectivity index (χ3n) is 3.87. The Hall–Kier alpha value is -1.17. The lowest BCUT2D eigenvalue weighted by Crippen LogP contribution is -2.49. The highest BCUT2D eigenvalue weighted by Crippen LogP contribution is 2.28. The number of amides is 1. The molecular weight excluding hydrogens is 337 g/mol. The van der Waals surface area contributed by atoms with E-state index in [0.717, 1.165) is 44.0 Å². The summed E-state index contributed by atoms with van der Waals surface area (Å²) in [6.07, 6.45) is 1.30. The predicted molar refractivity (Wildman–Crippen MR) is 99.2 cm³/mol. The van der Waals surface area contributed by atoms with Gasteiger partial charge in [0.2, 0.25) is 5.91 Å². The van der Waals surface area contributed by atoms with Gasteiger partial charge in [-0.2, -0.15) is 0 Å². The molecule has 23 heavy (non-hydrogen) atoms. The lowest BCUT2D eigenvalue weighted by molar-refractivity contribution is -0.131. The van der Waals surface area contributed by atoms with Crippen LogP contribution in [0.5, 0.6) is 5.75 Å². The average Bonchev–Trinajstić information content (AvgIpc) is 2.52. The highest BCUT2D eigenvalue weighted by molar-refractivity contribution is 5.85. The highest BCUT2D eigenvalue weighted by atomic mass is 35.5. The van der Waals surface area contributed by atoms with Gasteiger partial charge in [-0.05, 0) is 25.5 Å². The first kappa shape index (κ1) is 21.8. The number of rotatable bonds is 5. The number of nitrogens with two attached hydrogens (primary N) is 1. The van der Waals surface area contributed by atoms with E-state index in [2.05, 4.69) is 11.0 Å². The molecule has 1 fully saturated rings. The molecule has 1 aliphatic heterocycles. The fraction of sp³-hybridized carbons (Fsp3) is 0.562. The number of hydrogen-bond acceptors (Lipinski definition) is 4. The summed E-state index contributed by atoms with van der Waals surface area (Å²) in [6.45, 7) is 5.13. The normalized spacial score (nSPS) is 15.3. The molecule has 1 heterocycles. The standard InChI is InChI=1S/C16H25N3O2.2ClH/c1-13(17)7-8-16(20)19-11-9-18(10-12-19)14-5-3-4-6-15(14)21-2;;/h3-6,13H,7-12,17H2,1-2H3;2*1H. The number of methoxy groups -OCH3 is 1. The first-order valence-corrected chi connectivity index (χ1v) is 7.53. The van der Waals surface area contributed by atoms with Gasteiger partial charge in [-0.3, -0.25) is 4.79 Å². The lowest BCUT2D eigenvalue weighted by Gasteiger charge is -2.36. The fourth-order valence-electron chi connectivity index (χ4n) is 2.60. The summed E-state index contributed by atoms with van der Waals surface area (Å²) in [5, 5.41) is 0. The van der Waals surface area contributed by atoms with Gasteiger partial charge in [0.15, 0.2) is 0 Å². The number of anilines is 1. The van der Waals surface area contributed by atoms with E-state index in [1.165, 1.54) is 0 Å². The van der Waals surface area contributed by atoms with Gasteiger partial charge in [0.1, 0.15) is 5.75 Å². The maximum Gasteiger partial charge on any atom is 0.222 e. The molecule has 0 bridgehead atoms. The summed E-state index contributed by atoms with van der Waals surface area (Å²) >= 11 is 0. The second-order valence-electron chi connectivity index (χ2n) is 5.56. The van der Waals surface area contributed by atoms with Gasteiger partial charge < -0.3 is 20.3 Å². The molecule has 0 radical (unpaired) electrons. The van der Waals surface area contributed by atoms with Crippen molar-refractivity contribution in [1.29, 1.82) is 0 Å². The number of carbonyl (C=O) groups is 1. The van der Waals surface area contributed by atoms with E-state index in [1.807, 2.05) is 30.0 Å². The Kier molecular flexibility index (Phi) is 10.0. The topological polar surface area (TPSA) is 58.8 Å². The number of para-hydroxylation sites is 2. The minimum absolute atomic E-state index is 0. The van der Waals surface area contributed by atoms with Crippen molar-refractivity contribution in [1.82, 2.24) is 4.90 Å². The molecule has 2 rings (SSSR count). The van der Waals surface area contributed by atoms with Crippen LogP contribution in [0.2, 0.25) is 0 Å². The average molecular weight is 364 g/mol. The van der Waals surface area contributed by atoms with Crippen molar-refractivity contribution in [2.24, 2.45) is 5.73 Å². The van der Waals surface area contributed by atoms with Crippen LogP contribution in [0.25, 0.3) is 0 Å². The van der Waals surface area contributed by atoms with Crippen LogP contribution in [0.3, 0.4) is 0 Å². The number of piperazine rings is 1. The van der Waals surface area contributed by atoms with Gasteiger partial charge in [0, 0.05) is 38.6 Å². The molecule has 1 saturated heterocycles. The Balaban J connectivity index is 0.00000242. The van der Waals surface area contributed by atoms with Crippen molar-refractivity contribution >= 4 is 36.4 Å². The smallest absolute Gasteiger partial charge is 0.222 e. The summed E-state index contributed by atoms with van der Waals surface area (Å²) in [4.78, 5) is 16.3. The van der Waals surface area contributed by atoms with Crippen LogP contribution in [-0.4, -0.2) is 50.1 Å². The predicted octanol–water partition coefficient (Wildman–Crippen LogP) is 2.31. The van der Waals surface area contributed by atoms with Crippen LogP contribution in [0.15, 0.2) is 24.3 Å². The van der Waals surface area contributed by atoms with Crippen molar-refractivity contribution in [3.8, 4) is 5.75 Å². The second-order valence-corrected chi connectivity index (χ2v) is 5.56. The Morgan fingerprint density at radius 3 is 2.39 bits per heavy atom. The van der Waals surface area contributed by atoms with Crippen molar-refractivity contribution in [3.63, 3.8) is 0 Å². The number of benzene rings is 1. The minimum atomic E-state index is 0. The van der Waals surface area contributed by atoms with Crippen molar-refractivity contribution in [2.45, 2.75) is 25.8 Å². The summed E-state index contributed by atoms with van der Waals surface area (Å²) in [7, 11) is 1.69. The largest absolute Gasteiger partial charge is 0.495 e. The summed E-state index contributed by atoms with van der Waals surface area (Å²) in [5.74, 6) is 1.10. The molecule has 1 amide bonds. The number of carbonyl (C=O) groups excluding carboxylic acids is 1. The molecule has 1 atom stereocenters. The van der Waals surface area contributed by atoms with E-state index in [9.17, 15) is 4.79 Å². The van der Waals surface area contributed by atoms with Gasteiger partial charge in [-0.1, -0.05) is 12.1 Å². The molecule has 1 aliphatic rings. The highest BCUT2D eigenvalue weighted by Gasteiger charge is 2.22. The zero-order valence-electron chi connectivity index (χ0n) is 13.7. The van der Waals surface area contributed by atoms with Crippen LogP contribution in [-0.2, 0) is 4.79 Å². The summed E-state index contributed by atoms with van der Waals surface area (Å²) < 4.78 is 5.40. The van der Waals surface area contributed by atoms with Crippen LogP contribution < -0.4 is 15.4 Å². The quantitative estimate of drug-likeness (QED) is 0.871. The Bertz CT molecular complexity index is 478. The first-order valence-electron chi connectivity index (χ1n) is 7.53. The van der Waals surface area contributed by atoms with Gasteiger partial charge >= 0.3 is 0 Å². The van der Waals surface area contributed by atoms with E-state index < -0.39 is 0 Å². The molecule has 0 aliphatic carbocycles. The second kappa shape index (κ2) is 10.6. The fourth-order valence-corrected chi connectivity index (χ4v) is 2.60. The van der Waals surface area contributed by atoms with Crippen LogP contribution >= 0.6 is 24.8 Å². The molecule has 0 spiro atoms. The van der Waals surface area contributed by atoms with Crippen molar-refractivity contribution < 1.29 is 9.53 Å². The minimum Gasteiger partial charge on any atom is -0.495 e. The zero-order valence-corrected chi connectivity index (χ0v) is 15.4. The Labute approximate surface area is 151 Å². The van der Waals surface area contributed by atoms with Crippen molar-refractivity contribution in [2.75, 3.05) is 38.2 Å². The molecule has 7 heteroatoms. The summed E-state index contributed by atoms with van der Waals surface area (Å²) in [6, 6.07) is 8.10. The zero-order chi connectivity index (χ0) is 15.2. The molecule has 5 nitrogen and oxygen atoms in total. The van der Waals surface area contributed by atoms with Gasteiger partial charge in [0.05, 0.1) is 12.8 Å². The molecule has 1 unspecified atom stereocenters. The van der Waals surface area contributed by atoms with E-state index in [0.29, 0.717) is 6.42 Å². The third-order valence-corrected chi connectivity index (χ3v) is 3.87. The SMILES string of the molecule is COc1ccccc1N1CCN(C(=O)CCC(C)N)CC1.Cl.Cl. The maximum atomic E-state index is 12.1. The number of nitrogens with zero attached hydrogens (tertiary/aromatic N) is 2. The van der Waals surface area contributed by atoms with Crippen LogP contribution in [0.1, 0.15) is 19.8 Å². The monoisotopic (exact) mass is 363 g/mol. The number of ether oxygens (including phenoxy) is 1. The van der Waals surface area contributed by atoms with Gasteiger partial charge in [-0.25, -0.2) is 0 Å². The van der Waals surface area contributed by atoms with Gasteiger partial charge in [0.25, 0.3) is 0 Å². The van der Waals surface area contributed by atoms with E-state index >= 15 is 0 Å². The molecule has 1 aromatic carbocycles. The first-order chi connectivity index (χ1) is 10.1. The molecular formula is C16H27Cl2N3O2. The summed E-state index contributed by atoms with van der Waals surface area (Å²) in [5.41, 5.74) is 6.81. The van der Waals surface area contributed by atoms with Gasteiger partial charge in [-0.15, -0.1) is 24.8 Å². The van der Waals surface area contributed by atoms with Crippen LogP contribution in [0.4, 0.5) is 5.69 Å². The lowest BCUT2D eigenvalue weighted by atomic mass is 10.1. The molecule has 2 N–H and O–H groups in total. The molecule has 132 valence electrons. The van der Waals surface area contributed by atoms with E-state index in [-0.39, 0.29) is 36.8 Å². The molecule has 1 aromatic rings. The van der Waals surface area contributed by atoms with Crippen molar-refractivity contribution in [3.05, 3.63) is 24.3 Å². The third kappa shape index (κ3) is 6.09. The maximum absolute atomic E-state index is 12.1. The number of halogens is 2. The Morgan fingerprint density at radius 1 is 1.22 bits per heavy atom.